The molecule has 1 aliphatic rings. The van der Waals surface area contributed by atoms with Crippen LogP contribution in [0.5, 0.6) is 11.5 Å². The van der Waals surface area contributed by atoms with Crippen molar-refractivity contribution in [3.05, 3.63) is 77.7 Å². The van der Waals surface area contributed by atoms with Crippen LogP contribution in [0.4, 0.5) is 10.5 Å². The molecule has 0 bridgehead atoms. The Bertz CT molecular complexity index is 1190. The van der Waals surface area contributed by atoms with E-state index in [0.29, 0.717) is 23.7 Å². The van der Waals surface area contributed by atoms with Crippen molar-refractivity contribution in [1.82, 2.24) is 5.01 Å². The van der Waals surface area contributed by atoms with Gasteiger partial charge in [0.05, 0.1) is 38.0 Å². The molecule has 2 heterocycles. The summed E-state index contributed by atoms with van der Waals surface area (Å²) < 4.78 is 15.9. The Morgan fingerprint density at radius 3 is 2.53 bits per heavy atom. The number of benzene rings is 2. The fourth-order valence-electron chi connectivity index (χ4n) is 3.56. The van der Waals surface area contributed by atoms with Crippen molar-refractivity contribution in [3.63, 3.8) is 0 Å². The summed E-state index contributed by atoms with van der Waals surface area (Å²) in [6.45, 7) is 2.35. The van der Waals surface area contributed by atoms with Crippen LogP contribution in [0.1, 0.15) is 35.0 Å². The highest BCUT2D eigenvalue weighted by Crippen LogP contribution is 2.33. The van der Waals surface area contributed by atoms with Gasteiger partial charge in [0.25, 0.3) is 5.91 Å². The lowest BCUT2D eigenvalue weighted by Crippen LogP contribution is -2.34. The molecular formula is C25H25N3O5S. The second-order valence-corrected chi connectivity index (χ2v) is 8.68. The average molecular weight is 480 g/mol. The van der Waals surface area contributed by atoms with Crippen LogP contribution in [0.3, 0.4) is 0 Å². The number of rotatable bonds is 8. The quantitative estimate of drug-likeness (QED) is 0.465. The van der Waals surface area contributed by atoms with E-state index in [1.54, 1.807) is 38.5 Å². The number of anilines is 1. The van der Waals surface area contributed by atoms with E-state index in [0.717, 1.165) is 23.3 Å². The molecule has 0 aliphatic carbocycles. The molecule has 0 spiro atoms. The Labute approximate surface area is 201 Å². The lowest BCUT2D eigenvalue weighted by Gasteiger charge is -2.28. The molecular weight excluding hydrogens is 454 g/mol. The molecule has 2 amide bonds. The van der Waals surface area contributed by atoms with Crippen molar-refractivity contribution in [2.45, 2.75) is 25.1 Å². The number of hydrogen-bond acceptors (Lipinski definition) is 7. The largest absolute Gasteiger partial charge is 0.493 e. The van der Waals surface area contributed by atoms with Gasteiger partial charge in [-0.15, -0.1) is 0 Å². The van der Waals surface area contributed by atoms with Crippen molar-refractivity contribution in [2.24, 2.45) is 5.10 Å². The van der Waals surface area contributed by atoms with Gasteiger partial charge in [-0.25, -0.2) is 5.01 Å². The van der Waals surface area contributed by atoms with Crippen LogP contribution >= 0.6 is 11.8 Å². The van der Waals surface area contributed by atoms with Crippen LogP contribution < -0.4 is 14.8 Å². The van der Waals surface area contributed by atoms with Gasteiger partial charge >= 0.3 is 5.24 Å². The summed E-state index contributed by atoms with van der Waals surface area (Å²) in [4.78, 5) is 24.9. The first-order chi connectivity index (χ1) is 16.5. The number of carbonyl (C=O) groups excluding carboxylic acids is 2. The summed E-state index contributed by atoms with van der Waals surface area (Å²) >= 11 is 1.27. The van der Waals surface area contributed by atoms with Crippen molar-refractivity contribution in [3.8, 4) is 11.5 Å². The highest BCUT2D eigenvalue weighted by atomic mass is 32.2. The van der Waals surface area contributed by atoms with Gasteiger partial charge in [-0.1, -0.05) is 30.8 Å². The van der Waals surface area contributed by atoms with Gasteiger partial charge in [0.1, 0.15) is 0 Å². The summed E-state index contributed by atoms with van der Waals surface area (Å²) in [6.07, 6.45) is 2.22. The number of thioether (sulfide) groups is 1. The van der Waals surface area contributed by atoms with Gasteiger partial charge in [-0.05, 0) is 54.4 Å². The molecule has 0 saturated heterocycles. The maximum Gasteiger partial charge on any atom is 0.302 e. The van der Waals surface area contributed by atoms with Crippen LogP contribution in [-0.4, -0.2) is 41.3 Å². The summed E-state index contributed by atoms with van der Waals surface area (Å²) in [5, 5.41) is 8.81. The number of furan rings is 1. The molecule has 176 valence electrons. The highest BCUT2D eigenvalue weighted by molar-refractivity contribution is 8.14. The number of hydrazone groups is 1. The molecule has 4 rings (SSSR count). The zero-order valence-corrected chi connectivity index (χ0v) is 19.9. The topological polar surface area (TPSA) is 93.4 Å². The van der Waals surface area contributed by atoms with Crippen LogP contribution in [0.2, 0.25) is 0 Å². The predicted molar refractivity (Wildman–Crippen MR) is 132 cm³/mol. The minimum atomic E-state index is -0.324. The maximum absolute atomic E-state index is 12.8. The van der Waals surface area contributed by atoms with Gasteiger partial charge in [-0.2, -0.15) is 5.10 Å². The van der Waals surface area contributed by atoms with Gasteiger partial charge in [0.2, 0.25) is 0 Å². The molecule has 1 aromatic heterocycles. The summed E-state index contributed by atoms with van der Waals surface area (Å²) in [5.74, 6) is 1.16. The average Bonchev–Trinajstić information content (AvgIpc) is 3.41. The predicted octanol–water partition coefficient (Wildman–Crippen LogP) is 5.40. The van der Waals surface area contributed by atoms with Gasteiger partial charge < -0.3 is 19.2 Å². The van der Waals surface area contributed by atoms with Crippen LogP contribution in [0, 0.1) is 0 Å². The number of amides is 2. The van der Waals surface area contributed by atoms with E-state index in [2.05, 4.69) is 5.32 Å². The number of nitrogens with zero attached hydrogens (tertiary/aromatic N) is 2. The Hall–Kier alpha value is -3.72. The van der Waals surface area contributed by atoms with Crippen molar-refractivity contribution in [1.29, 1.82) is 0 Å². The Morgan fingerprint density at radius 1 is 1.12 bits per heavy atom. The molecule has 1 N–H and O–H groups in total. The molecule has 0 fully saturated rings. The number of methoxy groups -OCH3 is 2. The second kappa shape index (κ2) is 10.5. The fourth-order valence-corrected chi connectivity index (χ4v) is 4.49. The lowest BCUT2D eigenvalue weighted by atomic mass is 10.0. The number of hydrogen-bond donors (Lipinski definition) is 1. The smallest absolute Gasteiger partial charge is 0.302 e. The summed E-state index contributed by atoms with van der Waals surface area (Å²) in [7, 11) is 3.18. The lowest BCUT2D eigenvalue weighted by molar-refractivity contribution is 0.0996. The van der Waals surface area contributed by atoms with Gasteiger partial charge in [0.15, 0.2) is 17.3 Å². The maximum atomic E-state index is 12.8. The first-order valence-corrected chi connectivity index (χ1v) is 11.6. The zero-order chi connectivity index (χ0) is 24.1. The van der Waals surface area contributed by atoms with Crippen LogP contribution in [0.15, 0.2) is 70.4 Å². The molecule has 1 unspecified atom stereocenters. The van der Waals surface area contributed by atoms with Crippen molar-refractivity contribution >= 4 is 34.3 Å². The monoisotopic (exact) mass is 479 g/mol. The minimum Gasteiger partial charge on any atom is -0.493 e. The Kier molecular flexibility index (Phi) is 7.22. The Morgan fingerprint density at radius 2 is 1.88 bits per heavy atom. The van der Waals surface area contributed by atoms with E-state index < -0.39 is 0 Å². The molecule has 2 aromatic carbocycles. The Balaban J connectivity index is 1.53. The third kappa shape index (κ3) is 5.09. The molecule has 0 radical (unpaired) electrons. The number of carbonyl (C=O) groups is 2. The fraction of sp³-hybridized carbons (Fsp3) is 0.240. The molecule has 0 saturated carbocycles. The van der Waals surface area contributed by atoms with E-state index in [4.69, 9.17) is 19.0 Å². The highest BCUT2D eigenvalue weighted by Gasteiger charge is 2.30. The first kappa shape index (κ1) is 23.4. The van der Waals surface area contributed by atoms with E-state index in [-0.39, 0.29) is 22.2 Å². The van der Waals surface area contributed by atoms with E-state index >= 15 is 0 Å². The minimum absolute atomic E-state index is 0.0546. The number of nitrogens with one attached hydrogen (secondary N) is 1. The summed E-state index contributed by atoms with van der Waals surface area (Å²) in [6, 6.07) is 16.2. The standard InChI is InChI=1S/C25H25N3O5S/c1-4-22-23(17-9-12-19(31-2)21(14-17)32-3)27-28(25(30)34-22)15-16-7-10-18(11-8-16)26-24(29)20-6-5-13-33-20/h5-14,22H,4,15H2,1-3H3,(H,26,29). The molecule has 8 nitrogen and oxygen atoms in total. The zero-order valence-electron chi connectivity index (χ0n) is 19.1. The first-order valence-electron chi connectivity index (χ1n) is 10.7. The van der Waals surface area contributed by atoms with Gasteiger partial charge in [-0.3, -0.25) is 9.59 Å². The van der Waals surface area contributed by atoms with Gasteiger partial charge in [0, 0.05) is 11.3 Å². The van der Waals surface area contributed by atoms with Crippen LogP contribution in [0.25, 0.3) is 0 Å². The number of ether oxygens (including phenoxy) is 2. The normalized spacial score (nSPS) is 15.6. The van der Waals surface area contributed by atoms with Crippen LogP contribution in [-0.2, 0) is 6.54 Å². The van der Waals surface area contributed by atoms with Crippen molar-refractivity contribution in [2.75, 3.05) is 19.5 Å². The van der Waals surface area contributed by atoms with Crippen molar-refractivity contribution < 1.29 is 23.5 Å². The van der Waals surface area contributed by atoms with E-state index in [9.17, 15) is 9.59 Å². The molecule has 34 heavy (non-hydrogen) atoms. The molecule has 3 aromatic rings. The second-order valence-electron chi connectivity index (χ2n) is 7.52. The molecule has 1 atom stereocenters. The third-order valence-electron chi connectivity index (χ3n) is 5.33. The third-order valence-corrected chi connectivity index (χ3v) is 6.58. The van der Waals surface area contributed by atoms with E-state index in [1.165, 1.54) is 23.0 Å². The molecule has 9 heteroatoms. The van der Waals surface area contributed by atoms with E-state index in [1.807, 2.05) is 37.3 Å². The summed E-state index contributed by atoms with van der Waals surface area (Å²) in [5.41, 5.74) is 3.21. The molecule has 1 aliphatic heterocycles. The SMILES string of the molecule is CCC1SC(=O)N(Cc2ccc(NC(=O)c3ccco3)cc2)N=C1c1ccc(OC)c(OC)c1.